The van der Waals surface area contributed by atoms with Crippen molar-refractivity contribution in [2.45, 2.75) is 18.9 Å². The van der Waals surface area contributed by atoms with Crippen molar-refractivity contribution in [2.75, 3.05) is 11.9 Å². The molecule has 1 aliphatic heterocycles. The normalized spacial score (nSPS) is 19.1. The van der Waals surface area contributed by atoms with Crippen molar-refractivity contribution < 1.29 is 9.90 Å². The maximum atomic E-state index is 10.7. The van der Waals surface area contributed by atoms with Gasteiger partial charge < -0.3 is 10.0 Å². The van der Waals surface area contributed by atoms with Gasteiger partial charge in [0, 0.05) is 23.2 Å². The number of aliphatic carboxylic acids is 1. The average Bonchev–Trinajstić information content (AvgIpc) is 2.42. The van der Waals surface area contributed by atoms with E-state index in [0.29, 0.717) is 0 Å². The molecule has 0 saturated carbocycles. The molecule has 0 spiro atoms. The number of nitrogens with zero attached hydrogens (tertiary/aromatic N) is 1. The highest BCUT2D eigenvalue weighted by atomic mass is 79.9. The number of halogens is 1. The topological polar surface area (TPSA) is 40.5 Å². The van der Waals surface area contributed by atoms with Crippen molar-refractivity contribution in [2.24, 2.45) is 0 Å². The average molecular weight is 270 g/mol. The lowest BCUT2D eigenvalue weighted by molar-refractivity contribution is -0.137. The summed E-state index contributed by atoms with van der Waals surface area (Å²) in [7, 11) is 1.95. The van der Waals surface area contributed by atoms with Crippen LogP contribution in [-0.2, 0) is 11.2 Å². The van der Waals surface area contributed by atoms with Crippen molar-refractivity contribution >= 4 is 27.6 Å². The molecule has 15 heavy (non-hydrogen) atoms. The molecule has 3 nitrogen and oxygen atoms in total. The molecule has 1 aliphatic rings. The second-order valence-electron chi connectivity index (χ2n) is 3.84. The minimum Gasteiger partial charge on any atom is -0.481 e. The molecule has 0 aromatic heterocycles. The summed E-state index contributed by atoms with van der Waals surface area (Å²) in [6, 6.07) is 6.17. The first-order chi connectivity index (χ1) is 7.08. The van der Waals surface area contributed by atoms with Gasteiger partial charge in [0.1, 0.15) is 0 Å². The van der Waals surface area contributed by atoms with Gasteiger partial charge in [0.05, 0.1) is 6.42 Å². The summed E-state index contributed by atoms with van der Waals surface area (Å²) in [5.41, 5.74) is 2.36. The Morgan fingerprint density at radius 2 is 2.40 bits per heavy atom. The lowest BCUT2D eigenvalue weighted by Gasteiger charge is -2.20. The predicted octanol–water partition coefficient (Wildman–Crippen LogP) is 2.28. The van der Waals surface area contributed by atoms with Gasteiger partial charge in [0.2, 0.25) is 0 Å². The lowest BCUT2D eigenvalue weighted by Crippen LogP contribution is -2.30. The molecule has 1 heterocycles. The third-order valence-corrected chi connectivity index (χ3v) is 3.33. The fourth-order valence-corrected chi connectivity index (χ4v) is 2.47. The molecule has 0 aliphatic carbocycles. The van der Waals surface area contributed by atoms with Crippen LogP contribution in [0.5, 0.6) is 0 Å². The van der Waals surface area contributed by atoms with E-state index in [-0.39, 0.29) is 12.5 Å². The van der Waals surface area contributed by atoms with Gasteiger partial charge in [-0.1, -0.05) is 15.9 Å². The first-order valence-electron chi connectivity index (χ1n) is 4.81. The summed E-state index contributed by atoms with van der Waals surface area (Å²) in [5.74, 6) is -0.737. The number of fused-ring (bicyclic) bond motifs is 1. The van der Waals surface area contributed by atoms with E-state index in [1.54, 1.807) is 0 Å². The molecule has 80 valence electrons. The van der Waals surface area contributed by atoms with Gasteiger partial charge in [-0.3, -0.25) is 4.79 Å². The molecule has 0 fully saturated rings. The van der Waals surface area contributed by atoms with E-state index < -0.39 is 5.97 Å². The fraction of sp³-hybridized carbons (Fsp3) is 0.364. The highest BCUT2D eigenvalue weighted by molar-refractivity contribution is 9.10. The SMILES string of the molecule is CN1c2ccc(Br)cc2CC1CC(=O)O. The van der Waals surface area contributed by atoms with E-state index in [4.69, 9.17) is 5.11 Å². The smallest absolute Gasteiger partial charge is 0.305 e. The standard InChI is InChI=1S/C11H12BrNO2/c1-13-9(6-11(14)15)5-7-4-8(12)2-3-10(7)13/h2-4,9H,5-6H2,1H3,(H,14,15). The number of anilines is 1. The van der Waals surface area contributed by atoms with Gasteiger partial charge in [-0.05, 0) is 30.2 Å². The summed E-state index contributed by atoms with van der Waals surface area (Å²) in [6.07, 6.45) is 1.01. The van der Waals surface area contributed by atoms with Gasteiger partial charge in [-0.25, -0.2) is 0 Å². The predicted molar refractivity (Wildman–Crippen MR) is 62.3 cm³/mol. The molecule has 1 unspecified atom stereocenters. The monoisotopic (exact) mass is 269 g/mol. The van der Waals surface area contributed by atoms with Gasteiger partial charge in [0.15, 0.2) is 0 Å². The van der Waals surface area contributed by atoms with Crippen LogP contribution >= 0.6 is 15.9 Å². The molecule has 0 amide bonds. The zero-order valence-electron chi connectivity index (χ0n) is 8.40. The second-order valence-corrected chi connectivity index (χ2v) is 4.76. The number of hydrogen-bond acceptors (Lipinski definition) is 2. The highest BCUT2D eigenvalue weighted by Gasteiger charge is 2.27. The van der Waals surface area contributed by atoms with Gasteiger partial charge >= 0.3 is 5.97 Å². The minimum atomic E-state index is -0.737. The molecule has 0 radical (unpaired) electrons. The van der Waals surface area contributed by atoms with E-state index in [9.17, 15) is 4.79 Å². The highest BCUT2D eigenvalue weighted by Crippen LogP contribution is 2.33. The van der Waals surface area contributed by atoms with E-state index in [0.717, 1.165) is 16.6 Å². The molecule has 0 bridgehead atoms. The Morgan fingerprint density at radius 3 is 3.07 bits per heavy atom. The molecule has 4 heteroatoms. The molecule has 1 aromatic rings. The third-order valence-electron chi connectivity index (χ3n) is 2.84. The second kappa shape index (κ2) is 3.85. The molecule has 1 atom stereocenters. The van der Waals surface area contributed by atoms with Crippen LogP contribution in [0.25, 0.3) is 0 Å². The zero-order valence-corrected chi connectivity index (χ0v) is 9.99. The van der Waals surface area contributed by atoms with E-state index in [1.807, 2.05) is 19.2 Å². The number of carboxylic acids is 1. The van der Waals surface area contributed by atoms with Crippen molar-refractivity contribution in [1.29, 1.82) is 0 Å². The number of hydrogen-bond donors (Lipinski definition) is 1. The minimum absolute atomic E-state index is 0.0896. The Labute approximate surface area is 96.8 Å². The van der Waals surface area contributed by atoms with Crippen LogP contribution in [0.1, 0.15) is 12.0 Å². The van der Waals surface area contributed by atoms with Crippen LogP contribution in [-0.4, -0.2) is 24.2 Å². The zero-order chi connectivity index (χ0) is 11.0. The van der Waals surface area contributed by atoms with Crippen LogP contribution < -0.4 is 4.90 Å². The van der Waals surface area contributed by atoms with Gasteiger partial charge in [0.25, 0.3) is 0 Å². The fourth-order valence-electron chi connectivity index (χ4n) is 2.06. The van der Waals surface area contributed by atoms with Gasteiger partial charge in [-0.15, -0.1) is 0 Å². The Balaban J connectivity index is 2.25. The Hall–Kier alpha value is -1.03. The van der Waals surface area contributed by atoms with Crippen LogP contribution in [0.3, 0.4) is 0 Å². The van der Waals surface area contributed by atoms with Crippen molar-refractivity contribution in [3.05, 3.63) is 28.2 Å². The van der Waals surface area contributed by atoms with Gasteiger partial charge in [-0.2, -0.15) is 0 Å². The third kappa shape index (κ3) is 2.00. The molecular weight excluding hydrogens is 258 g/mol. The molecule has 0 saturated heterocycles. The largest absolute Gasteiger partial charge is 0.481 e. The number of benzene rings is 1. The van der Waals surface area contributed by atoms with Crippen LogP contribution in [0.15, 0.2) is 22.7 Å². The number of carboxylic acid groups (broad SMARTS) is 1. The number of rotatable bonds is 2. The van der Waals surface area contributed by atoms with E-state index >= 15 is 0 Å². The Morgan fingerprint density at radius 1 is 1.67 bits per heavy atom. The first kappa shape index (κ1) is 10.5. The molecular formula is C11H12BrNO2. The molecule has 1 aromatic carbocycles. The number of likely N-dealkylation sites (N-methyl/N-ethyl adjacent to an activating group) is 1. The summed E-state index contributed by atoms with van der Waals surface area (Å²) in [4.78, 5) is 12.7. The summed E-state index contributed by atoms with van der Waals surface area (Å²) >= 11 is 3.42. The summed E-state index contributed by atoms with van der Waals surface area (Å²) in [6.45, 7) is 0. The lowest BCUT2D eigenvalue weighted by atomic mass is 10.1. The van der Waals surface area contributed by atoms with Crippen LogP contribution in [0.2, 0.25) is 0 Å². The maximum Gasteiger partial charge on any atom is 0.305 e. The maximum absolute atomic E-state index is 10.7. The Bertz CT molecular complexity index is 406. The number of carbonyl (C=O) groups is 1. The van der Waals surface area contributed by atoms with E-state index in [2.05, 4.69) is 26.9 Å². The van der Waals surface area contributed by atoms with Crippen molar-refractivity contribution in [3.8, 4) is 0 Å². The van der Waals surface area contributed by atoms with Crippen LogP contribution in [0, 0.1) is 0 Å². The van der Waals surface area contributed by atoms with Crippen LogP contribution in [0.4, 0.5) is 5.69 Å². The molecule has 1 N–H and O–H groups in total. The van der Waals surface area contributed by atoms with Crippen molar-refractivity contribution in [3.63, 3.8) is 0 Å². The first-order valence-corrected chi connectivity index (χ1v) is 5.60. The summed E-state index contributed by atoms with van der Waals surface area (Å²) < 4.78 is 1.05. The molecule has 2 rings (SSSR count). The summed E-state index contributed by atoms with van der Waals surface area (Å²) in [5, 5.41) is 8.79. The van der Waals surface area contributed by atoms with Crippen molar-refractivity contribution in [1.82, 2.24) is 0 Å². The Kier molecular flexibility index (Phi) is 2.69. The van der Waals surface area contributed by atoms with E-state index in [1.165, 1.54) is 5.56 Å². The quantitative estimate of drug-likeness (QED) is 0.896.